The van der Waals surface area contributed by atoms with E-state index in [1.807, 2.05) is 25.1 Å². The fraction of sp³-hybridized carbons (Fsp3) is 0.533. The minimum Gasteiger partial charge on any atom is -0.496 e. The lowest BCUT2D eigenvalue weighted by Gasteiger charge is -2.24. The Kier molecular flexibility index (Phi) is 5.36. The van der Waals surface area contributed by atoms with Gasteiger partial charge in [0.15, 0.2) is 0 Å². The second-order valence-corrected chi connectivity index (χ2v) is 5.59. The molecule has 0 aliphatic carbocycles. The van der Waals surface area contributed by atoms with Gasteiger partial charge < -0.3 is 15.8 Å². The standard InChI is InChI=1S/C15H24N2O2/c1-11-5-6-13(19-4)12(9-11)14(18)17-10-15(2,3)7-8-16/h5-6,9H,7-8,10,16H2,1-4H3,(H,17,18). The highest BCUT2D eigenvalue weighted by atomic mass is 16.5. The molecule has 0 aliphatic rings. The number of rotatable bonds is 6. The molecule has 19 heavy (non-hydrogen) atoms. The molecular formula is C15H24N2O2. The lowest BCUT2D eigenvalue weighted by molar-refractivity contribution is 0.0932. The molecule has 4 heteroatoms. The van der Waals surface area contributed by atoms with E-state index in [2.05, 4.69) is 19.2 Å². The number of aryl methyl sites for hydroxylation is 1. The molecule has 0 heterocycles. The second kappa shape index (κ2) is 6.57. The van der Waals surface area contributed by atoms with Gasteiger partial charge in [-0.2, -0.15) is 0 Å². The van der Waals surface area contributed by atoms with Crippen molar-refractivity contribution in [3.8, 4) is 5.75 Å². The SMILES string of the molecule is COc1ccc(C)cc1C(=O)NCC(C)(C)CCN. The van der Waals surface area contributed by atoms with Crippen molar-refractivity contribution < 1.29 is 9.53 Å². The fourth-order valence-corrected chi connectivity index (χ4v) is 1.89. The van der Waals surface area contributed by atoms with Gasteiger partial charge in [-0.25, -0.2) is 0 Å². The van der Waals surface area contributed by atoms with E-state index in [9.17, 15) is 4.79 Å². The predicted molar refractivity (Wildman–Crippen MR) is 77.5 cm³/mol. The maximum absolute atomic E-state index is 12.2. The topological polar surface area (TPSA) is 64.3 Å². The summed E-state index contributed by atoms with van der Waals surface area (Å²) >= 11 is 0. The van der Waals surface area contributed by atoms with E-state index >= 15 is 0 Å². The zero-order valence-electron chi connectivity index (χ0n) is 12.2. The summed E-state index contributed by atoms with van der Waals surface area (Å²) in [4.78, 5) is 12.2. The van der Waals surface area contributed by atoms with Crippen LogP contribution in [-0.4, -0.2) is 26.1 Å². The summed E-state index contributed by atoms with van der Waals surface area (Å²) in [7, 11) is 1.57. The average molecular weight is 264 g/mol. The Hall–Kier alpha value is -1.55. The first kappa shape index (κ1) is 15.5. The van der Waals surface area contributed by atoms with Crippen molar-refractivity contribution >= 4 is 5.91 Å². The van der Waals surface area contributed by atoms with Gasteiger partial charge in [0.1, 0.15) is 5.75 Å². The highest BCUT2D eigenvalue weighted by Gasteiger charge is 2.19. The molecule has 1 aromatic carbocycles. The van der Waals surface area contributed by atoms with Gasteiger partial charge in [-0.15, -0.1) is 0 Å². The summed E-state index contributed by atoms with van der Waals surface area (Å²) < 4.78 is 5.22. The Morgan fingerprint density at radius 3 is 2.68 bits per heavy atom. The number of carbonyl (C=O) groups excluding carboxylic acids is 1. The second-order valence-electron chi connectivity index (χ2n) is 5.59. The third-order valence-electron chi connectivity index (χ3n) is 3.15. The van der Waals surface area contributed by atoms with Gasteiger partial charge in [0, 0.05) is 6.54 Å². The molecule has 0 unspecified atom stereocenters. The number of methoxy groups -OCH3 is 1. The van der Waals surface area contributed by atoms with Crippen LogP contribution in [0, 0.1) is 12.3 Å². The summed E-state index contributed by atoms with van der Waals surface area (Å²) in [5.74, 6) is 0.491. The van der Waals surface area contributed by atoms with Crippen LogP contribution in [0.4, 0.5) is 0 Å². The smallest absolute Gasteiger partial charge is 0.255 e. The zero-order valence-corrected chi connectivity index (χ0v) is 12.2. The number of nitrogens with two attached hydrogens (primary N) is 1. The third kappa shape index (κ3) is 4.56. The molecule has 1 aromatic rings. The molecule has 1 amide bonds. The van der Waals surface area contributed by atoms with Gasteiger partial charge >= 0.3 is 0 Å². The van der Waals surface area contributed by atoms with E-state index in [1.54, 1.807) is 7.11 Å². The van der Waals surface area contributed by atoms with Crippen molar-refractivity contribution in [1.29, 1.82) is 0 Å². The molecule has 0 fully saturated rings. The molecule has 0 radical (unpaired) electrons. The van der Waals surface area contributed by atoms with Crippen molar-refractivity contribution in [3.05, 3.63) is 29.3 Å². The molecule has 0 saturated heterocycles. The number of nitrogens with one attached hydrogen (secondary N) is 1. The Labute approximate surface area is 115 Å². The molecule has 106 valence electrons. The molecule has 4 nitrogen and oxygen atoms in total. The summed E-state index contributed by atoms with van der Waals surface area (Å²) in [6.07, 6.45) is 0.873. The molecule has 0 bridgehead atoms. The maximum atomic E-state index is 12.2. The van der Waals surface area contributed by atoms with Crippen LogP contribution in [-0.2, 0) is 0 Å². The van der Waals surface area contributed by atoms with Gasteiger partial charge in [-0.1, -0.05) is 25.5 Å². The summed E-state index contributed by atoms with van der Waals surface area (Å²) in [6, 6.07) is 5.58. The van der Waals surface area contributed by atoms with E-state index in [4.69, 9.17) is 10.5 Å². The van der Waals surface area contributed by atoms with Crippen molar-refractivity contribution in [2.45, 2.75) is 27.2 Å². The van der Waals surface area contributed by atoms with E-state index in [1.165, 1.54) is 0 Å². The fourth-order valence-electron chi connectivity index (χ4n) is 1.89. The molecule has 0 aliphatic heterocycles. The quantitative estimate of drug-likeness (QED) is 0.827. The number of benzene rings is 1. The molecular weight excluding hydrogens is 240 g/mol. The van der Waals surface area contributed by atoms with Crippen LogP contribution in [0.5, 0.6) is 5.75 Å². The van der Waals surface area contributed by atoms with Gasteiger partial charge in [0.05, 0.1) is 12.7 Å². The number of ether oxygens (including phenoxy) is 1. The first-order valence-electron chi connectivity index (χ1n) is 6.52. The first-order valence-corrected chi connectivity index (χ1v) is 6.52. The van der Waals surface area contributed by atoms with E-state index in [0.29, 0.717) is 24.4 Å². The molecule has 0 atom stereocenters. The average Bonchev–Trinajstić information content (AvgIpc) is 2.36. The largest absolute Gasteiger partial charge is 0.496 e. The highest BCUT2D eigenvalue weighted by molar-refractivity contribution is 5.97. The molecule has 1 rings (SSSR count). The molecule has 0 aromatic heterocycles. The maximum Gasteiger partial charge on any atom is 0.255 e. The molecule has 0 spiro atoms. The lowest BCUT2D eigenvalue weighted by atomic mass is 9.89. The van der Waals surface area contributed by atoms with Crippen molar-refractivity contribution in [3.63, 3.8) is 0 Å². The van der Waals surface area contributed by atoms with E-state index in [-0.39, 0.29) is 11.3 Å². The van der Waals surface area contributed by atoms with Gasteiger partial charge in [-0.05, 0) is 37.4 Å². The number of carbonyl (C=O) groups is 1. The Morgan fingerprint density at radius 2 is 2.11 bits per heavy atom. The highest BCUT2D eigenvalue weighted by Crippen LogP contribution is 2.21. The van der Waals surface area contributed by atoms with Crippen LogP contribution in [0.3, 0.4) is 0 Å². The van der Waals surface area contributed by atoms with Gasteiger partial charge in [0.2, 0.25) is 0 Å². The Bertz CT molecular complexity index is 442. The van der Waals surface area contributed by atoms with Crippen molar-refractivity contribution in [2.75, 3.05) is 20.2 Å². The normalized spacial score (nSPS) is 11.2. The van der Waals surface area contributed by atoms with E-state index in [0.717, 1.165) is 12.0 Å². The third-order valence-corrected chi connectivity index (χ3v) is 3.15. The Balaban J connectivity index is 2.76. The Morgan fingerprint density at radius 1 is 1.42 bits per heavy atom. The van der Waals surface area contributed by atoms with Gasteiger partial charge in [0.25, 0.3) is 5.91 Å². The van der Waals surface area contributed by atoms with Crippen LogP contribution in [0.25, 0.3) is 0 Å². The summed E-state index contributed by atoms with van der Waals surface area (Å²) in [5, 5.41) is 2.95. The van der Waals surface area contributed by atoms with Crippen LogP contribution in [0.15, 0.2) is 18.2 Å². The van der Waals surface area contributed by atoms with Crippen molar-refractivity contribution in [1.82, 2.24) is 5.32 Å². The predicted octanol–water partition coefficient (Wildman–Crippen LogP) is 2.11. The molecule has 0 saturated carbocycles. The monoisotopic (exact) mass is 264 g/mol. The van der Waals surface area contributed by atoms with Gasteiger partial charge in [-0.3, -0.25) is 4.79 Å². The van der Waals surface area contributed by atoms with Crippen LogP contribution < -0.4 is 15.8 Å². The van der Waals surface area contributed by atoms with Crippen LogP contribution in [0.1, 0.15) is 36.2 Å². The number of hydrogen-bond acceptors (Lipinski definition) is 3. The van der Waals surface area contributed by atoms with Crippen LogP contribution in [0.2, 0.25) is 0 Å². The lowest BCUT2D eigenvalue weighted by Crippen LogP contribution is -2.35. The first-order chi connectivity index (χ1) is 8.89. The molecule has 3 N–H and O–H groups in total. The summed E-state index contributed by atoms with van der Waals surface area (Å²) in [5.41, 5.74) is 7.18. The minimum atomic E-state index is -0.106. The number of hydrogen-bond donors (Lipinski definition) is 2. The van der Waals surface area contributed by atoms with E-state index < -0.39 is 0 Å². The van der Waals surface area contributed by atoms with Crippen LogP contribution >= 0.6 is 0 Å². The summed E-state index contributed by atoms with van der Waals surface area (Å²) in [6.45, 7) is 7.35. The minimum absolute atomic E-state index is 0.00146. The van der Waals surface area contributed by atoms with Crippen molar-refractivity contribution in [2.24, 2.45) is 11.1 Å². The number of amides is 1. The zero-order chi connectivity index (χ0) is 14.5.